The van der Waals surface area contributed by atoms with E-state index in [0.717, 1.165) is 46.6 Å². The van der Waals surface area contributed by atoms with Crippen molar-refractivity contribution in [1.82, 2.24) is 4.57 Å². The normalized spacial score (nSPS) is 15.5. The van der Waals surface area contributed by atoms with Gasteiger partial charge in [0, 0.05) is 5.56 Å². The number of allylic oxidation sites excluding steroid dienone is 1. The van der Waals surface area contributed by atoms with E-state index < -0.39 is 5.97 Å². The van der Waals surface area contributed by atoms with Crippen molar-refractivity contribution >= 4 is 29.1 Å². The Morgan fingerprint density at radius 1 is 0.864 bits per heavy atom. The van der Waals surface area contributed by atoms with Gasteiger partial charge in [-0.1, -0.05) is 59.9 Å². The van der Waals surface area contributed by atoms with Crippen molar-refractivity contribution in [2.45, 2.75) is 18.9 Å². The summed E-state index contributed by atoms with van der Waals surface area (Å²) in [5.74, 6) is 1.36. The Morgan fingerprint density at radius 2 is 1.61 bits per heavy atom. The number of rotatable bonds is 6. The van der Waals surface area contributed by atoms with Crippen LogP contribution < -0.4 is 29.1 Å². The predicted octanol–water partition coefficient (Wildman–Crippen LogP) is 5.56. The zero-order chi connectivity index (χ0) is 30.2. The molecule has 218 valence electrons. The van der Waals surface area contributed by atoms with Gasteiger partial charge >= 0.3 is 5.97 Å². The van der Waals surface area contributed by atoms with Crippen molar-refractivity contribution in [3.8, 4) is 17.2 Å². The van der Waals surface area contributed by atoms with Crippen molar-refractivity contribution < 1.29 is 19.0 Å². The molecule has 0 saturated carbocycles. The molecule has 8 heteroatoms. The predicted molar refractivity (Wildman–Crippen MR) is 170 cm³/mol. The highest BCUT2D eigenvalue weighted by Gasteiger charge is 2.32. The standard InChI is InChI=1S/C36H28N2O5S/c1-41-26-17-12-24(13-18-26)35(40)43-27-15-10-22(11-16-27)20-31-34(39)38-33(25-7-5-8-28(21-25)42-2)30-19-14-23-6-3-4-9-29(23)32(30)37-36(38)44-31/h3-13,15-18,20-21,33H,14,19H2,1-2H3/b31-20+/t33-/m0/s1. The maximum absolute atomic E-state index is 14.0. The molecule has 1 aliphatic heterocycles. The smallest absolute Gasteiger partial charge is 0.343 e. The van der Waals surface area contributed by atoms with E-state index in [1.807, 2.05) is 53.1 Å². The van der Waals surface area contributed by atoms with Gasteiger partial charge in [-0.05, 0) is 89.7 Å². The highest BCUT2D eigenvalue weighted by molar-refractivity contribution is 7.07. The lowest BCUT2D eigenvalue weighted by Gasteiger charge is -2.31. The summed E-state index contributed by atoms with van der Waals surface area (Å²) in [5, 5.41) is 0. The van der Waals surface area contributed by atoms with Crippen molar-refractivity contribution in [2.24, 2.45) is 4.99 Å². The van der Waals surface area contributed by atoms with Crippen molar-refractivity contribution in [3.63, 3.8) is 0 Å². The van der Waals surface area contributed by atoms with Crippen LogP contribution in [0.15, 0.2) is 112 Å². The van der Waals surface area contributed by atoms with Crippen LogP contribution in [0.3, 0.4) is 0 Å². The minimum atomic E-state index is -0.461. The maximum Gasteiger partial charge on any atom is 0.343 e. The third-order valence-corrected chi connectivity index (χ3v) is 8.98. The molecule has 1 aromatic heterocycles. The number of fused-ring (bicyclic) bond motifs is 3. The van der Waals surface area contributed by atoms with E-state index in [9.17, 15) is 9.59 Å². The number of methoxy groups -OCH3 is 2. The molecule has 0 spiro atoms. The first-order chi connectivity index (χ1) is 21.5. The number of carbonyl (C=O) groups is 1. The second-order valence-electron chi connectivity index (χ2n) is 10.6. The molecular weight excluding hydrogens is 572 g/mol. The lowest BCUT2D eigenvalue weighted by atomic mass is 9.83. The molecule has 0 fully saturated rings. The van der Waals surface area contributed by atoms with Gasteiger partial charge in [0.1, 0.15) is 17.2 Å². The topological polar surface area (TPSA) is 79.1 Å². The zero-order valence-corrected chi connectivity index (χ0v) is 25.0. The van der Waals surface area contributed by atoms with Gasteiger partial charge in [-0.15, -0.1) is 0 Å². The lowest BCUT2D eigenvalue weighted by molar-refractivity contribution is 0.0734. The van der Waals surface area contributed by atoms with Gasteiger partial charge in [0.25, 0.3) is 5.56 Å². The van der Waals surface area contributed by atoms with Crippen LogP contribution >= 0.6 is 11.3 Å². The molecule has 4 aromatic carbocycles. The minimum absolute atomic E-state index is 0.0954. The second-order valence-corrected chi connectivity index (χ2v) is 11.6. The van der Waals surface area contributed by atoms with Crippen LogP contribution in [0.25, 0.3) is 11.8 Å². The maximum atomic E-state index is 14.0. The first-order valence-corrected chi connectivity index (χ1v) is 15.1. The Bertz CT molecular complexity index is 2110. The van der Waals surface area contributed by atoms with E-state index in [0.29, 0.717) is 26.4 Å². The summed E-state index contributed by atoms with van der Waals surface area (Å²) in [6.07, 6.45) is 3.57. The minimum Gasteiger partial charge on any atom is -0.497 e. The summed E-state index contributed by atoms with van der Waals surface area (Å²) in [6.45, 7) is 0. The van der Waals surface area contributed by atoms with E-state index >= 15 is 0 Å². The highest BCUT2D eigenvalue weighted by Crippen LogP contribution is 2.41. The molecule has 1 aliphatic carbocycles. The number of ether oxygens (including phenoxy) is 3. The number of hydrogen-bond donors (Lipinski definition) is 0. The molecule has 0 radical (unpaired) electrons. The molecule has 7 nitrogen and oxygen atoms in total. The highest BCUT2D eigenvalue weighted by atomic mass is 32.1. The Balaban J connectivity index is 1.26. The van der Waals surface area contributed by atoms with Crippen LogP contribution in [0.5, 0.6) is 17.2 Å². The number of aromatic nitrogens is 1. The van der Waals surface area contributed by atoms with Crippen molar-refractivity contribution in [1.29, 1.82) is 0 Å². The molecule has 0 amide bonds. The number of hydrogen-bond acceptors (Lipinski definition) is 7. The van der Waals surface area contributed by atoms with Crippen LogP contribution in [-0.4, -0.2) is 24.8 Å². The summed E-state index contributed by atoms with van der Waals surface area (Å²) in [7, 11) is 3.22. The van der Waals surface area contributed by atoms with Gasteiger partial charge < -0.3 is 14.2 Å². The van der Waals surface area contributed by atoms with Gasteiger partial charge in [0.15, 0.2) is 4.80 Å². The van der Waals surface area contributed by atoms with E-state index in [-0.39, 0.29) is 11.6 Å². The second kappa shape index (κ2) is 11.5. The average molecular weight is 601 g/mol. The van der Waals surface area contributed by atoms with Gasteiger partial charge in [-0.25, -0.2) is 9.79 Å². The zero-order valence-electron chi connectivity index (χ0n) is 24.2. The van der Waals surface area contributed by atoms with Crippen LogP contribution in [0.1, 0.15) is 45.1 Å². The molecule has 0 unspecified atom stereocenters. The van der Waals surface area contributed by atoms with E-state index in [1.165, 1.54) is 16.9 Å². The molecule has 0 bridgehead atoms. The van der Waals surface area contributed by atoms with Crippen LogP contribution in [0.4, 0.5) is 0 Å². The third-order valence-electron chi connectivity index (χ3n) is 8.00. The molecule has 2 aliphatic rings. The Hall–Kier alpha value is -5.21. The van der Waals surface area contributed by atoms with E-state index in [1.54, 1.807) is 50.6 Å². The summed E-state index contributed by atoms with van der Waals surface area (Å²) in [6, 6.07) is 29.9. The molecule has 0 saturated heterocycles. The molecule has 1 atom stereocenters. The van der Waals surface area contributed by atoms with Gasteiger partial charge in [0.2, 0.25) is 0 Å². The molecule has 5 aromatic rings. The van der Waals surface area contributed by atoms with Gasteiger partial charge in [0.05, 0.1) is 36.1 Å². The molecule has 7 rings (SSSR count). The summed E-state index contributed by atoms with van der Waals surface area (Å²) >= 11 is 1.38. The number of benzene rings is 4. The number of nitrogens with zero attached hydrogens (tertiary/aromatic N) is 2. The number of esters is 1. The fourth-order valence-electron chi connectivity index (χ4n) is 5.81. The van der Waals surface area contributed by atoms with Crippen LogP contribution in [-0.2, 0) is 6.42 Å². The summed E-state index contributed by atoms with van der Waals surface area (Å²) < 4.78 is 18.6. The third kappa shape index (κ3) is 5.03. The van der Waals surface area contributed by atoms with Crippen molar-refractivity contribution in [2.75, 3.05) is 14.2 Å². The summed E-state index contributed by atoms with van der Waals surface area (Å²) in [4.78, 5) is 32.4. The average Bonchev–Trinajstić information content (AvgIpc) is 3.38. The molecule has 44 heavy (non-hydrogen) atoms. The molecule has 2 heterocycles. The monoisotopic (exact) mass is 600 g/mol. The first-order valence-electron chi connectivity index (χ1n) is 14.3. The Morgan fingerprint density at radius 3 is 2.39 bits per heavy atom. The van der Waals surface area contributed by atoms with Crippen LogP contribution in [0, 0.1) is 0 Å². The van der Waals surface area contributed by atoms with Crippen molar-refractivity contribution in [3.05, 3.63) is 150 Å². The molecular formula is C36H28N2O5S. The number of aryl methyl sites for hydroxylation is 1. The fourth-order valence-corrected chi connectivity index (χ4v) is 6.81. The summed E-state index contributed by atoms with van der Waals surface area (Å²) in [5.41, 5.74) is 6.61. The largest absolute Gasteiger partial charge is 0.497 e. The molecule has 0 N–H and O–H groups in total. The number of carbonyl (C=O) groups excluding carboxylic acids is 1. The van der Waals surface area contributed by atoms with E-state index in [2.05, 4.69) is 18.2 Å². The Kier molecular flexibility index (Phi) is 7.20. The first kappa shape index (κ1) is 27.6. The van der Waals surface area contributed by atoms with Gasteiger partial charge in [-0.3, -0.25) is 9.36 Å². The SMILES string of the molecule is COc1ccc(C(=O)Oc2ccc(/C=c3/sc4n(c3=O)[C@@H](c3cccc(OC)c3)C3=C(N=4)c4ccccc4CC3)cc2)cc1. The Labute approximate surface area is 257 Å². The lowest BCUT2D eigenvalue weighted by Crippen LogP contribution is -2.38. The fraction of sp³-hybridized carbons (Fsp3) is 0.139. The number of thiazole rings is 1. The van der Waals surface area contributed by atoms with Crippen LogP contribution in [0.2, 0.25) is 0 Å². The quantitative estimate of drug-likeness (QED) is 0.189. The van der Waals surface area contributed by atoms with E-state index in [4.69, 9.17) is 19.2 Å². The van der Waals surface area contributed by atoms with Gasteiger partial charge in [-0.2, -0.15) is 0 Å².